The zero-order valence-corrected chi connectivity index (χ0v) is 7.48. The van der Waals surface area contributed by atoms with Crippen LogP contribution < -0.4 is 11.1 Å². The van der Waals surface area contributed by atoms with E-state index in [1.54, 1.807) is 12.4 Å². The molecule has 0 fully saturated rings. The molecule has 0 aliphatic heterocycles. The van der Waals surface area contributed by atoms with Crippen LogP contribution in [0.4, 0.5) is 5.69 Å². The van der Waals surface area contributed by atoms with Gasteiger partial charge in [0.2, 0.25) is 0 Å². The molecule has 4 nitrogen and oxygen atoms in total. The molecule has 0 aromatic carbocycles. The maximum absolute atomic E-state index is 8.67. The van der Waals surface area contributed by atoms with Gasteiger partial charge in [0.1, 0.15) is 0 Å². The molecule has 1 aromatic heterocycles. The Morgan fingerprint density at radius 1 is 1.46 bits per heavy atom. The summed E-state index contributed by atoms with van der Waals surface area (Å²) in [5, 5.41) is 11.8. The third kappa shape index (κ3) is 3.87. The van der Waals surface area contributed by atoms with Gasteiger partial charge in [-0.2, -0.15) is 0 Å². The van der Waals surface area contributed by atoms with Gasteiger partial charge in [0.15, 0.2) is 0 Å². The number of anilines is 1. The van der Waals surface area contributed by atoms with Crippen molar-refractivity contribution >= 4 is 5.69 Å². The van der Waals surface area contributed by atoms with E-state index in [-0.39, 0.29) is 12.6 Å². The van der Waals surface area contributed by atoms with E-state index in [1.807, 2.05) is 12.1 Å². The third-order valence-electron chi connectivity index (χ3n) is 1.76. The summed E-state index contributed by atoms with van der Waals surface area (Å²) in [6, 6.07) is 3.66. The molecule has 1 heterocycles. The summed E-state index contributed by atoms with van der Waals surface area (Å²) in [7, 11) is 0. The molecule has 0 amide bonds. The summed E-state index contributed by atoms with van der Waals surface area (Å²) in [4.78, 5) is 3.90. The van der Waals surface area contributed by atoms with E-state index in [0.29, 0.717) is 0 Å². The lowest BCUT2D eigenvalue weighted by atomic mass is 10.2. The monoisotopic (exact) mass is 181 g/mol. The van der Waals surface area contributed by atoms with Crippen LogP contribution in [-0.2, 0) is 0 Å². The second-order valence-electron chi connectivity index (χ2n) is 2.89. The molecule has 1 unspecified atom stereocenters. The van der Waals surface area contributed by atoms with Crippen molar-refractivity contribution in [3.63, 3.8) is 0 Å². The predicted octanol–water partition coefficient (Wildman–Crippen LogP) is 0.203. The van der Waals surface area contributed by atoms with Gasteiger partial charge < -0.3 is 16.2 Å². The minimum atomic E-state index is -0.130. The van der Waals surface area contributed by atoms with Gasteiger partial charge in [-0.05, 0) is 18.6 Å². The Balaban J connectivity index is 2.20. The molecule has 0 saturated heterocycles. The van der Waals surface area contributed by atoms with Crippen LogP contribution in [-0.4, -0.2) is 29.3 Å². The number of rotatable bonds is 5. The number of nitrogens with zero attached hydrogens (tertiary/aromatic N) is 1. The Hall–Kier alpha value is -1.13. The van der Waals surface area contributed by atoms with Gasteiger partial charge >= 0.3 is 0 Å². The van der Waals surface area contributed by atoms with Gasteiger partial charge in [-0.3, -0.25) is 4.98 Å². The van der Waals surface area contributed by atoms with Gasteiger partial charge in [-0.1, -0.05) is 0 Å². The molecule has 1 rings (SSSR count). The maximum atomic E-state index is 8.67. The van der Waals surface area contributed by atoms with Gasteiger partial charge in [-0.15, -0.1) is 0 Å². The number of aromatic nitrogens is 1. The zero-order chi connectivity index (χ0) is 9.52. The Bertz CT molecular complexity index is 228. The van der Waals surface area contributed by atoms with E-state index in [9.17, 15) is 0 Å². The number of aliphatic hydroxyl groups is 1. The Morgan fingerprint density at radius 3 is 2.77 bits per heavy atom. The van der Waals surface area contributed by atoms with Crippen molar-refractivity contribution in [2.45, 2.75) is 12.5 Å². The summed E-state index contributed by atoms with van der Waals surface area (Å²) < 4.78 is 0. The highest BCUT2D eigenvalue weighted by molar-refractivity contribution is 5.40. The fourth-order valence-electron chi connectivity index (χ4n) is 0.963. The normalized spacial score (nSPS) is 12.5. The van der Waals surface area contributed by atoms with Crippen molar-refractivity contribution in [1.82, 2.24) is 4.98 Å². The van der Waals surface area contributed by atoms with Crippen LogP contribution in [0.5, 0.6) is 0 Å². The number of pyridine rings is 1. The van der Waals surface area contributed by atoms with Crippen LogP contribution >= 0.6 is 0 Å². The van der Waals surface area contributed by atoms with Crippen LogP contribution in [0.15, 0.2) is 24.5 Å². The van der Waals surface area contributed by atoms with E-state index in [2.05, 4.69) is 10.3 Å². The fourth-order valence-corrected chi connectivity index (χ4v) is 0.963. The number of aliphatic hydroxyl groups excluding tert-OH is 1. The molecular weight excluding hydrogens is 166 g/mol. The standard InChI is InChI=1S/C9H15N3O/c10-8(7-13)1-6-12-9-2-4-11-5-3-9/h2-5,8,13H,1,6-7,10H2,(H,11,12). The highest BCUT2D eigenvalue weighted by Gasteiger charge is 1.98. The fraction of sp³-hybridized carbons (Fsp3) is 0.444. The van der Waals surface area contributed by atoms with E-state index in [1.165, 1.54) is 0 Å². The molecule has 1 atom stereocenters. The molecule has 0 saturated carbocycles. The molecule has 4 N–H and O–H groups in total. The molecule has 0 bridgehead atoms. The molecule has 0 aliphatic carbocycles. The summed E-state index contributed by atoms with van der Waals surface area (Å²) >= 11 is 0. The van der Waals surface area contributed by atoms with Gasteiger partial charge in [0.25, 0.3) is 0 Å². The minimum absolute atomic E-state index is 0.0397. The average molecular weight is 181 g/mol. The van der Waals surface area contributed by atoms with Crippen molar-refractivity contribution in [3.05, 3.63) is 24.5 Å². The summed E-state index contributed by atoms with van der Waals surface area (Å²) in [5.74, 6) is 0. The van der Waals surface area contributed by atoms with Crippen molar-refractivity contribution in [3.8, 4) is 0 Å². The first-order chi connectivity index (χ1) is 6.33. The summed E-state index contributed by atoms with van der Waals surface area (Å²) in [5.41, 5.74) is 6.56. The Kier molecular flexibility index (Phi) is 4.21. The Morgan fingerprint density at radius 2 is 2.15 bits per heavy atom. The van der Waals surface area contributed by atoms with Crippen LogP contribution in [0.3, 0.4) is 0 Å². The highest BCUT2D eigenvalue weighted by atomic mass is 16.3. The zero-order valence-electron chi connectivity index (χ0n) is 7.48. The van der Waals surface area contributed by atoms with Crippen molar-refractivity contribution in [2.75, 3.05) is 18.5 Å². The number of nitrogens with one attached hydrogen (secondary N) is 1. The first-order valence-electron chi connectivity index (χ1n) is 4.33. The summed E-state index contributed by atoms with van der Waals surface area (Å²) in [6.45, 7) is 0.809. The molecule has 13 heavy (non-hydrogen) atoms. The number of nitrogens with two attached hydrogens (primary N) is 1. The lowest BCUT2D eigenvalue weighted by Gasteiger charge is -2.09. The lowest BCUT2D eigenvalue weighted by Crippen LogP contribution is -2.26. The third-order valence-corrected chi connectivity index (χ3v) is 1.76. The first-order valence-corrected chi connectivity index (χ1v) is 4.33. The van der Waals surface area contributed by atoms with Gasteiger partial charge in [0, 0.05) is 30.7 Å². The van der Waals surface area contributed by atoms with Crippen LogP contribution in [0.25, 0.3) is 0 Å². The Labute approximate surface area is 77.8 Å². The lowest BCUT2D eigenvalue weighted by molar-refractivity contribution is 0.262. The topological polar surface area (TPSA) is 71.2 Å². The quantitative estimate of drug-likeness (QED) is 0.607. The number of hydrogen-bond donors (Lipinski definition) is 3. The van der Waals surface area contributed by atoms with Crippen molar-refractivity contribution in [1.29, 1.82) is 0 Å². The average Bonchev–Trinajstić information content (AvgIpc) is 2.19. The van der Waals surface area contributed by atoms with Crippen molar-refractivity contribution in [2.24, 2.45) is 5.73 Å². The molecule has 1 aromatic rings. The van der Waals surface area contributed by atoms with E-state index < -0.39 is 0 Å². The molecule has 0 radical (unpaired) electrons. The van der Waals surface area contributed by atoms with Gasteiger partial charge in [0.05, 0.1) is 6.61 Å². The molecule has 4 heteroatoms. The smallest absolute Gasteiger partial charge is 0.0583 e. The molecular formula is C9H15N3O. The van der Waals surface area contributed by atoms with E-state index >= 15 is 0 Å². The second kappa shape index (κ2) is 5.50. The van der Waals surface area contributed by atoms with Gasteiger partial charge in [-0.25, -0.2) is 0 Å². The van der Waals surface area contributed by atoms with E-state index in [0.717, 1.165) is 18.7 Å². The predicted molar refractivity (Wildman–Crippen MR) is 52.4 cm³/mol. The highest BCUT2D eigenvalue weighted by Crippen LogP contribution is 2.02. The van der Waals surface area contributed by atoms with E-state index in [4.69, 9.17) is 10.8 Å². The molecule has 0 spiro atoms. The number of hydrogen-bond acceptors (Lipinski definition) is 4. The minimum Gasteiger partial charge on any atom is -0.395 e. The summed E-state index contributed by atoms with van der Waals surface area (Å²) in [6.07, 6.45) is 4.22. The second-order valence-corrected chi connectivity index (χ2v) is 2.89. The SMILES string of the molecule is NC(CO)CCNc1ccncc1. The molecule has 0 aliphatic rings. The maximum Gasteiger partial charge on any atom is 0.0583 e. The van der Waals surface area contributed by atoms with Crippen LogP contribution in [0.2, 0.25) is 0 Å². The first kappa shape index (κ1) is 9.95. The van der Waals surface area contributed by atoms with Crippen LogP contribution in [0.1, 0.15) is 6.42 Å². The molecule has 72 valence electrons. The van der Waals surface area contributed by atoms with Crippen LogP contribution in [0, 0.1) is 0 Å². The largest absolute Gasteiger partial charge is 0.395 e. The van der Waals surface area contributed by atoms with Crippen molar-refractivity contribution < 1.29 is 5.11 Å².